The highest BCUT2D eigenvalue weighted by Gasteiger charge is 2.38. The lowest BCUT2D eigenvalue weighted by Gasteiger charge is -2.46. The van der Waals surface area contributed by atoms with E-state index in [9.17, 15) is 0 Å². The Morgan fingerprint density at radius 1 is 0.758 bits per heavy atom. The highest BCUT2D eigenvalue weighted by atomic mass is 16.7. The van der Waals surface area contributed by atoms with Crippen LogP contribution in [0, 0.1) is 5.92 Å². The maximum atomic E-state index is 6.42. The van der Waals surface area contributed by atoms with Crippen molar-refractivity contribution in [3.63, 3.8) is 0 Å². The van der Waals surface area contributed by atoms with Crippen molar-refractivity contribution < 1.29 is 14.3 Å². The summed E-state index contributed by atoms with van der Waals surface area (Å²) in [5.74, 6) is 0.737. The van der Waals surface area contributed by atoms with Gasteiger partial charge in [0.15, 0.2) is 0 Å². The van der Waals surface area contributed by atoms with Gasteiger partial charge in [0.1, 0.15) is 0 Å². The molecular formula is C28H56N2O3. The fraction of sp³-hybridized carbons (Fsp3) is 1.00. The molecule has 0 aromatic carbocycles. The molecule has 1 saturated heterocycles. The van der Waals surface area contributed by atoms with E-state index in [0.717, 1.165) is 51.4 Å². The van der Waals surface area contributed by atoms with Gasteiger partial charge in [-0.05, 0) is 120 Å². The first kappa shape index (κ1) is 29.0. The number of unbranched alkanes of at least 4 members (excludes halogenated alkanes) is 3. The molecule has 5 nitrogen and oxygen atoms in total. The van der Waals surface area contributed by atoms with E-state index < -0.39 is 0 Å². The van der Waals surface area contributed by atoms with Crippen molar-refractivity contribution in [2.45, 2.75) is 143 Å². The molecule has 1 saturated carbocycles. The average Bonchev–Trinajstić information content (AvgIpc) is 2.63. The van der Waals surface area contributed by atoms with E-state index in [2.05, 4.69) is 72.3 Å². The molecule has 0 spiro atoms. The first-order valence-electron chi connectivity index (χ1n) is 13.7. The summed E-state index contributed by atoms with van der Waals surface area (Å²) in [4.78, 5) is 9.05. The largest absolute Gasteiger partial charge is 0.376 e. The van der Waals surface area contributed by atoms with Gasteiger partial charge in [0.25, 0.3) is 0 Å². The third-order valence-electron chi connectivity index (χ3n) is 6.83. The summed E-state index contributed by atoms with van der Waals surface area (Å²) in [5, 5.41) is 2.35. The van der Waals surface area contributed by atoms with Crippen molar-refractivity contribution in [3.8, 4) is 0 Å². The van der Waals surface area contributed by atoms with Crippen LogP contribution in [0.25, 0.3) is 0 Å². The lowest BCUT2D eigenvalue weighted by molar-refractivity contribution is -0.237. The van der Waals surface area contributed by atoms with E-state index in [0.29, 0.717) is 12.1 Å². The van der Waals surface area contributed by atoms with E-state index in [1.165, 1.54) is 38.8 Å². The van der Waals surface area contributed by atoms with Gasteiger partial charge in [0, 0.05) is 24.7 Å². The van der Waals surface area contributed by atoms with E-state index in [1.54, 1.807) is 0 Å². The van der Waals surface area contributed by atoms with Gasteiger partial charge in [0.05, 0.1) is 23.9 Å². The first-order valence-corrected chi connectivity index (χ1v) is 13.7. The molecule has 0 atom stereocenters. The molecule has 0 radical (unpaired) electrons. The Bertz CT molecular complexity index is 533. The second kappa shape index (κ2) is 12.7. The molecule has 0 unspecified atom stereocenters. The molecule has 0 amide bonds. The van der Waals surface area contributed by atoms with Crippen LogP contribution in [0.3, 0.4) is 0 Å². The van der Waals surface area contributed by atoms with Crippen molar-refractivity contribution in [1.29, 1.82) is 0 Å². The zero-order chi connectivity index (χ0) is 24.7. The second-order valence-corrected chi connectivity index (χ2v) is 13.4. The van der Waals surface area contributed by atoms with Gasteiger partial charge < -0.3 is 9.47 Å². The Labute approximate surface area is 205 Å². The zero-order valence-electron chi connectivity index (χ0n) is 23.5. The van der Waals surface area contributed by atoms with Crippen LogP contribution < -0.4 is 0 Å². The van der Waals surface area contributed by atoms with Crippen LogP contribution in [-0.4, -0.2) is 71.7 Å². The monoisotopic (exact) mass is 468 g/mol. The van der Waals surface area contributed by atoms with Crippen LogP contribution in [0.5, 0.6) is 0 Å². The number of likely N-dealkylation sites (tertiary alicyclic amines) is 1. The van der Waals surface area contributed by atoms with Gasteiger partial charge in [-0.2, -0.15) is 5.06 Å². The van der Waals surface area contributed by atoms with Crippen molar-refractivity contribution in [3.05, 3.63) is 0 Å². The van der Waals surface area contributed by atoms with Crippen molar-refractivity contribution in [2.75, 3.05) is 32.8 Å². The minimum atomic E-state index is -0.0577. The summed E-state index contributed by atoms with van der Waals surface area (Å²) in [7, 11) is 0. The first-order chi connectivity index (χ1) is 15.2. The summed E-state index contributed by atoms with van der Waals surface area (Å²) >= 11 is 0. The van der Waals surface area contributed by atoms with Crippen molar-refractivity contribution >= 4 is 0 Å². The zero-order valence-corrected chi connectivity index (χ0v) is 23.5. The van der Waals surface area contributed by atoms with Crippen LogP contribution in [0.1, 0.15) is 114 Å². The Morgan fingerprint density at radius 3 is 1.85 bits per heavy atom. The molecular weight excluding hydrogens is 412 g/mol. The predicted octanol–water partition coefficient (Wildman–Crippen LogP) is 6.45. The average molecular weight is 469 g/mol. The quantitative estimate of drug-likeness (QED) is 0.243. The number of hydroxylamine groups is 2. The van der Waals surface area contributed by atoms with Gasteiger partial charge in [-0.3, -0.25) is 9.74 Å². The Morgan fingerprint density at radius 2 is 1.33 bits per heavy atom. The van der Waals surface area contributed by atoms with Gasteiger partial charge in [-0.25, -0.2) is 0 Å². The van der Waals surface area contributed by atoms with E-state index in [4.69, 9.17) is 14.3 Å². The van der Waals surface area contributed by atoms with E-state index >= 15 is 0 Å². The lowest BCUT2D eigenvalue weighted by atomic mass is 9.86. The highest BCUT2D eigenvalue weighted by molar-refractivity contribution is 4.89. The molecule has 5 heteroatoms. The molecule has 1 aliphatic heterocycles. The third kappa shape index (κ3) is 11.9. The maximum Gasteiger partial charge on any atom is 0.0685 e. The maximum absolute atomic E-state index is 6.42. The van der Waals surface area contributed by atoms with Crippen LogP contribution in [0.4, 0.5) is 0 Å². The number of nitrogens with zero attached hydrogens (tertiary/aromatic N) is 2. The SMILES string of the molecule is CC(C)(C)OCCCCCCON(CC1CCN(C(C)(C)C)CC1)C1CC(OC(C)(C)C)C1. The molecule has 196 valence electrons. The summed E-state index contributed by atoms with van der Waals surface area (Å²) in [6.07, 6.45) is 9.84. The van der Waals surface area contributed by atoms with Gasteiger partial charge >= 0.3 is 0 Å². The summed E-state index contributed by atoms with van der Waals surface area (Å²) in [6, 6.07) is 0.512. The Kier molecular flexibility index (Phi) is 11.1. The molecule has 0 bridgehead atoms. The topological polar surface area (TPSA) is 34.2 Å². The molecule has 0 aromatic rings. The number of ether oxygens (including phenoxy) is 2. The molecule has 1 heterocycles. The van der Waals surface area contributed by atoms with Crippen LogP contribution in [0.15, 0.2) is 0 Å². The number of hydrogen-bond donors (Lipinski definition) is 0. The molecule has 0 N–H and O–H groups in total. The van der Waals surface area contributed by atoms with Gasteiger partial charge in [0.2, 0.25) is 0 Å². The number of piperidine rings is 1. The Balaban J connectivity index is 1.73. The van der Waals surface area contributed by atoms with E-state index in [-0.39, 0.29) is 16.7 Å². The Hall–Kier alpha value is -0.200. The normalized spacial score (nSPS) is 23.8. The molecule has 1 aliphatic carbocycles. The van der Waals surface area contributed by atoms with Gasteiger partial charge in [-0.15, -0.1) is 0 Å². The standard InChI is InChI=1S/C28H56N2O3/c1-26(2,3)29-16-14-23(15-17-29)22-30(24-20-25(21-24)33-28(7,8)9)32-19-13-11-10-12-18-31-27(4,5)6/h23-25H,10-22H2,1-9H3. The number of rotatable bonds is 12. The summed E-state index contributed by atoms with van der Waals surface area (Å²) in [5.41, 5.74) is 0.201. The van der Waals surface area contributed by atoms with Crippen molar-refractivity contribution in [1.82, 2.24) is 9.96 Å². The lowest BCUT2D eigenvalue weighted by Crippen LogP contribution is -2.52. The van der Waals surface area contributed by atoms with E-state index in [1.807, 2.05) is 0 Å². The third-order valence-corrected chi connectivity index (χ3v) is 6.83. The molecule has 2 fully saturated rings. The van der Waals surface area contributed by atoms with Crippen LogP contribution in [0.2, 0.25) is 0 Å². The van der Waals surface area contributed by atoms with Gasteiger partial charge in [-0.1, -0.05) is 12.8 Å². The number of hydrogen-bond acceptors (Lipinski definition) is 5. The van der Waals surface area contributed by atoms with Crippen LogP contribution in [-0.2, 0) is 14.3 Å². The second-order valence-electron chi connectivity index (χ2n) is 13.4. The smallest absolute Gasteiger partial charge is 0.0685 e. The molecule has 33 heavy (non-hydrogen) atoms. The highest BCUT2D eigenvalue weighted by Crippen LogP contribution is 2.33. The minimum Gasteiger partial charge on any atom is -0.376 e. The molecule has 2 rings (SSSR count). The molecule has 0 aromatic heterocycles. The fourth-order valence-corrected chi connectivity index (χ4v) is 4.84. The fourth-order valence-electron chi connectivity index (χ4n) is 4.84. The molecule has 2 aliphatic rings. The predicted molar refractivity (Wildman–Crippen MR) is 139 cm³/mol. The van der Waals surface area contributed by atoms with Crippen molar-refractivity contribution in [2.24, 2.45) is 5.92 Å². The summed E-state index contributed by atoms with van der Waals surface area (Å²) in [6.45, 7) is 25.0. The minimum absolute atomic E-state index is 0.0238. The summed E-state index contributed by atoms with van der Waals surface area (Å²) < 4.78 is 12.0. The van der Waals surface area contributed by atoms with Crippen LogP contribution >= 0.6 is 0 Å².